The van der Waals surface area contributed by atoms with Crippen molar-refractivity contribution in [1.29, 1.82) is 0 Å². The van der Waals surface area contributed by atoms with Crippen molar-refractivity contribution in [3.05, 3.63) is 39.5 Å². The fraction of sp³-hybridized carbons (Fsp3) is 0.267. The second-order valence-electron chi connectivity index (χ2n) is 4.46. The van der Waals surface area contributed by atoms with Gasteiger partial charge in [-0.1, -0.05) is 24.6 Å². The fourth-order valence-electron chi connectivity index (χ4n) is 1.75. The first-order valence-electron chi connectivity index (χ1n) is 7.00. The molecule has 1 aromatic carbocycles. The van der Waals surface area contributed by atoms with Crippen molar-refractivity contribution < 1.29 is 14.6 Å². The number of aryl methyl sites for hydroxylation is 1. The van der Waals surface area contributed by atoms with Crippen molar-refractivity contribution in [3.8, 4) is 5.75 Å². The third-order valence-corrected chi connectivity index (χ3v) is 3.98. The topological polar surface area (TPSA) is 88.1 Å². The monoisotopic (exact) mass is 353 g/mol. The van der Waals surface area contributed by atoms with Crippen LogP contribution in [0, 0.1) is 0 Å². The number of thioether (sulfide) groups is 1. The summed E-state index contributed by atoms with van der Waals surface area (Å²) in [6, 6.07) is 5.12. The molecule has 1 heterocycles. The van der Waals surface area contributed by atoms with E-state index in [1.165, 1.54) is 6.08 Å². The second kappa shape index (κ2) is 8.03. The van der Waals surface area contributed by atoms with Crippen molar-refractivity contribution in [3.63, 3.8) is 0 Å². The van der Waals surface area contributed by atoms with Crippen LogP contribution in [0.25, 0.3) is 6.08 Å². The average molecular weight is 354 g/mol. The molecule has 0 unspecified atom stereocenters. The molecule has 0 radical (unpaired) electrons. The van der Waals surface area contributed by atoms with Gasteiger partial charge in [0.1, 0.15) is 16.5 Å². The second-order valence-corrected chi connectivity index (χ2v) is 5.87. The number of carbonyl (C=O) groups is 1. The predicted octanol–water partition coefficient (Wildman–Crippen LogP) is 3.64. The number of aliphatic carboxylic acids is 1. The molecule has 2 rings (SSSR count). The summed E-state index contributed by atoms with van der Waals surface area (Å²) >= 11 is 7.10. The van der Waals surface area contributed by atoms with Gasteiger partial charge in [-0.15, -0.1) is 5.10 Å². The minimum atomic E-state index is -1.05. The third kappa shape index (κ3) is 4.74. The zero-order chi connectivity index (χ0) is 16.8. The van der Waals surface area contributed by atoms with Gasteiger partial charge in [0.25, 0.3) is 0 Å². The SMILES string of the molecule is CCOc1ccc(/C=C(\Sc2n[nH]c(CC)n2)C(=O)O)cc1Cl. The maximum Gasteiger partial charge on any atom is 0.342 e. The lowest BCUT2D eigenvalue weighted by molar-refractivity contribution is -0.131. The molecular formula is C15H16ClN3O3S. The van der Waals surface area contributed by atoms with Gasteiger partial charge >= 0.3 is 5.97 Å². The number of hydrogen-bond donors (Lipinski definition) is 2. The van der Waals surface area contributed by atoms with E-state index in [1.807, 2.05) is 13.8 Å². The average Bonchev–Trinajstić information content (AvgIpc) is 2.97. The molecule has 0 aliphatic rings. The number of rotatable bonds is 7. The van der Waals surface area contributed by atoms with Crippen molar-refractivity contribution in [2.75, 3.05) is 6.61 Å². The van der Waals surface area contributed by atoms with Crippen LogP contribution in [0.2, 0.25) is 5.02 Å². The zero-order valence-corrected chi connectivity index (χ0v) is 14.2. The summed E-state index contributed by atoms with van der Waals surface area (Å²) in [5.74, 6) is 0.224. The Morgan fingerprint density at radius 1 is 1.48 bits per heavy atom. The number of ether oxygens (including phenoxy) is 1. The number of aromatic nitrogens is 3. The van der Waals surface area contributed by atoms with Gasteiger partial charge in [-0.3, -0.25) is 5.10 Å². The minimum Gasteiger partial charge on any atom is -0.492 e. The van der Waals surface area contributed by atoms with Crippen LogP contribution in [0.15, 0.2) is 28.3 Å². The first kappa shape index (κ1) is 17.4. The lowest BCUT2D eigenvalue weighted by atomic mass is 10.2. The molecule has 8 heteroatoms. The van der Waals surface area contributed by atoms with Crippen molar-refractivity contribution in [2.24, 2.45) is 0 Å². The molecule has 1 aromatic heterocycles. The number of nitrogens with zero attached hydrogens (tertiary/aromatic N) is 2. The summed E-state index contributed by atoms with van der Waals surface area (Å²) in [6.07, 6.45) is 2.23. The summed E-state index contributed by atoms with van der Waals surface area (Å²) in [7, 11) is 0. The Balaban J connectivity index is 2.24. The van der Waals surface area contributed by atoms with E-state index in [9.17, 15) is 9.90 Å². The van der Waals surface area contributed by atoms with Gasteiger partial charge in [0.2, 0.25) is 5.16 Å². The largest absolute Gasteiger partial charge is 0.492 e. The highest BCUT2D eigenvalue weighted by Crippen LogP contribution is 2.29. The highest BCUT2D eigenvalue weighted by atomic mass is 35.5. The Bertz CT molecular complexity index is 731. The maximum absolute atomic E-state index is 11.4. The smallest absolute Gasteiger partial charge is 0.342 e. The molecule has 2 N–H and O–H groups in total. The van der Waals surface area contributed by atoms with Gasteiger partial charge < -0.3 is 9.84 Å². The molecule has 0 bridgehead atoms. The summed E-state index contributed by atoms with van der Waals surface area (Å²) in [5.41, 5.74) is 0.662. The summed E-state index contributed by atoms with van der Waals surface area (Å²) < 4.78 is 5.36. The van der Waals surface area contributed by atoms with Crippen LogP contribution < -0.4 is 4.74 Å². The Morgan fingerprint density at radius 2 is 2.26 bits per heavy atom. The van der Waals surface area contributed by atoms with E-state index in [2.05, 4.69) is 15.2 Å². The van der Waals surface area contributed by atoms with Crippen LogP contribution in [-0.2, 0) is 11.2 Å². The predicted molar refractivity (Wildman–Crippen MR) is 89.9 cm³/mol. The number of hydrogen-bond acceptors (Lipinski definition) is 5. The number of benzene rings is 1. The minimum absolute atomic E-state index is 0.104. The van der Waals surface area contributed by atoms with Crippen molar-refractivity contribution in [1.82, 2.24) is 15.2 Å². The van der Waals surface area contributed by atoms with Crippen LogP contribution in [-0.4, -0.2) is 32.9 Å². The number of carboxylic acid groups (broad SMARTS) is 1. The van der Waals surface area contributed by atoms with Crippen LogP contribution >= 0.6 is 23.4 Å². The molecule has 0 aliphatic heterocycles. The van der Waals surface area contributed by atoms with E-state index >= 15 is 0 Å². The van der Waals surface area contributed by atoms with Gasteiger partial charge in [-0.25, -0.2) is 9.78 Å². The van der Waals surface area contributed by atoms with Crippen molar-refractivity contribution >= 4 is 35.4 Å². The Kier molecular flexibility index (Phi) is 6.06. The van der Waals surface area contributed by atoms with E-state index in [0.29, 0.717) is 40.3 Å². The molecule has 0 amide bonds. The Labute approximate surface area is 142 Å². The van der Waals surface area contributed by atoms with Gasteiger partial charge in [-0.05, 0) is 42.5 Å². The zero-order valence-electron chi connectivity index (χ0n) is 12.7. The van der Waals surface area contributed by atoms with Gasteiger partial charge in [0, 0.05) is 6.42 Å². The molecular weight excluding hydrogens is 338 g/mol. The van der Waals surface area contributed by atoms with E-state index < -0.39 is 5.97 Å². The summed E-state index contributed by atoms with van der Waals surface area (Å²) in [4.78, 5) is 15.7. The van der Waals surface area contributed by atoms with Crippen LogP contribution in [0.5, 0.6) is 5.75 Å². The Hall–Kier alpha value is -1.99. The van der Waals surface area contributed by atoms with Gasteiger partial charge in [0.05, 0.1) is 11.6 Å². The molecule has 6 nitrogen and oxygen atoms in total. The van der Waals surface area contributed by atoms with E-state index in [4.69, 9.17) is 16.3 Å². The molecule has 0 atom stereocenters. The highest BCUT2D eigenvalue weighted by Gasteiger charge is 2.14. The highest BCUT2D eigenvalue weighted by molar-refractivity contribution is 8.04. The van der Waals surface area contributed by atoms with E-state index in [0.717, 1.165) is 11.8 Å². The molecule has 0 spiro atoms. The Morgan fingerprint density at radius 3 is 2.83 bits per heavy atom. The summed E-state index contributed by atoms with van der Waals surface area (Å²) in [5, 5.41) is 16.9. The molecule has 122 valence electrons. The van der Waals surface area contributed by atoms with Crippen LogP contribution in [0.3, 0.4) is 0 Å². The fourth-order valence-corrected chi connectivity index (χ4v) is 2.72. The lowest BCUT2D eigenvalue weighted by Crippen LogP contribution is -1.97. The molecule has 23 heavy (non-hydrogen) atoms. The molecule has 0 aliphatic carbocycles. The first-order chi connectivity index (χ1) is 11.0. The normalized spacial score (nSPS) is 11.5. The molecule has 0 fully saturated rings. The number of nitrogens with one attached hydrogen (secondary N) is 1. The maximum atomic E-state index is 11.4. The lowest BCUT2D eigenvalue weighted by Gasteiger charge is -2.06. The van der Waals surface area contributed by atoms with Crippen LogP contribution in [0.1, 0.15) is 25.2 Å². The first-order valence-corrected chi connectivity index (χ1v) is 8.19. The van der Waals surface area contributed by atoms with E-state index in [1.54, 1.807) is 18.2 Å². The molecule has 2 aromatic rings. The quantitative estimate of drug-likeness (QED) is 0.583. The number of H-pyrrole nitrogens is 1. The molecule has 0 saturated heterocycles. The molecule has 0 saturated carbocycles. The standard InChI is InChI=1S/C15H16ClN3O3S/c1-3-13-17-15(19-18-13)23-12(14(20)21)8-9-5-6-11(22-4-2)10(16)7-9/h5-8H,3-4H2,1-2H3,(H,20,21)(H,17,18,19)/b12-8-. The van der Waals surface area contributed by atoms with Crippen molar-refractivity contribution in [2.45, 2.75) is 25.4 Å². The van der Waals surface area contributed by atoms with Gasteiger partial charge in [0.15, 0.2) is 0 Å². The third-order valence-electron chi connectivity index (χ3n) is 2.81. The van der Waals surface area contributed by atoms with Gasteiger partial charge in [-0.2, -0.15) is 0 Å². The number of aromatic amines is 1. The summed E-state index contributed by atoms with van der Waals surface area (Å²) in [6.45, 7) is 4.31. The van der Waals surface area contributed by atoms with E-state index in [-0.39, 0.29) is 4.91 Å². The number of halogens is 1. The van der Waals surface area contributed by atoms with Crippen LogP contribution in [0.4, 0.5) is 0 Å². The number of carboxylic acids is 1.